The smallest absolute Gasteiger partial charge is 0.417 e. The predicted octanol–water partition coefficient (Wildman–Crippen LogP) is 3.11. The van der Waals surface area contributed by atoms with Gasteiger partial charge in [-0.2, -0.15) is 13.2 Å². The van der Waals surface area contributed by atoms with E-state index in [-0.39, 0.29) is 38.2 Å². The fraction of sp³-hybridized carbons (Fsp3) is 0.267. The number of methoxy groups -OCH3 is 1. The number of fused-ring (bicyclic) bond motifs is 1. The molecule has 0 aliphatic rings. The largest absolute Gasteiger partial charge is 0.611 e. The van der Waals surface area contributed by atoms with Gasteiger partial charge in [0.25, 0.3) is 0 Å². The first kappa shape index (κ1) is 18.8. The molecule has 0 radical (unpaired) electrons. The van der Waals surface area contributed by atoms with E-state index in [9.17, 15) is 17.7 Å². The molecule has 6 nitrogen and oxygen atoms in total. The van der Waals surface area contributed by atoms with Crippen LogP contribution in [-0.2, 0) is 22.1 Å². The number of rotatable bonds is 5. The van der Waals surface area contributed by atoms with Crippen molar-refractivity contribution in [2.45, 2.75) is 10.4 Å². The zero-order chi connectivity index (χ0) is 18.9. The fourth-order valence-electron chi connectivity index (χ4n) is 2.32. The van der Waals surface area contributed by atoms with E-state index < -0.39 is 22.9 Å². The van der Waals surface area contributed by atoms with E-state index in [4.69, 9.17) is 10.5 Å². The number of aromatic nitrogens is 3. The van der Waals surface area contributed by atoms with Gasteiger partial charge in [0.1, 0.15) is 22.6 Å². The summed E-state index contributed by atoms with van der Waals surface area (Å²) in [7, 11) is 1.45. The number of nitrogen functional groups attached to an aromatic ring is 1. The monoisotopic (exact) mass is 402 g/mol. The molecule has 0 bridgehead atoms. The normalized spacial score (nSPS) is 13.3. The molecule has 3 aromatic heterocycles. The quantitative estimate of drug-likeness (QED) is 0.659. The molecule has 1 atom stereocenters. The number of ether oxygens (including phenoxy) is 1. The molecule has 0 amide bonds. The van der Waals surface area contributed by atoms with Crippen molar-refractivity contribution in [3.05, 3.63) is 30.4 Å². The minimum Gasteiger partial charge on any atom is -0.611 e. The second kappa shape index (κ2) is 7.35. The summed E-state index contributed by atoms with van der Waals surface area (Å²) in [6, 6.07) is 0.909. The molecule has 0 fully saturated rings. The lowest BCUT2D eigenvalue weighted by Gasteiger charge is -2.11. The summed E-state index contributed by atoms with van der Waals surface area (Å²) >= 11 is -0.688. The summed E-state index contributed by atoms with van der Waals surface area (Å²) < 4.78 is 58.2. The molecule has 0 spiro atoms. The van der Waals surface area contributed by atoms with Crippen LogP contribution < -0.4 is 5.73 Å². The average Bonchev–Trinajstić information content (AvgIpc) is 2.95. The van der Waals surface area contributed by atoms with Gasteiger partial charge < -0.3 is 15.0 Å². The molecule has 138 valence electrons. The number of alkyl halides is 3. The van der Waals surface area contributed by atoms with E-state index in [0.29, 0.717) is 5.56 Å². The molecule has 26 heavy (non-hydrogen) atoms. The van der Waals surface area contributed by atoms with Crippen LogP contribution in [0.5, 0.6) is 0 Å². The van der Waals surface area contributed by atoms with Crippen molar-refractivity contribution in [2.24, 2.45) is 0 Å². The topological polar surface area (TPSA) is 97.0 Å². The van der Waals surface area contributed by atoms with Crippen LogP contribution in [0.4, 0.5) is 18.9 Å². The molecular formula is C15H13F3N4O2S2. The molecule has 3 rings (SSSR count). The Labute approximate surface area is 153 Å². The van der Waals surface area contributed by atoms with Gasteiger partial charge in [-0.25, -0.2) is 15.0 Å². The molecule has 0 aromatic carbocycles. The zero-order valence-electron chi connectivity index (χ0n) is 13.4. The molecule has 3 aromatic rings. The van der Waals surface area contributed by atoms with E-state index >= 15 is 0 Å². The number of nitrogens with zero attached hydrogens (tertiary/aromatic N) is 3. The molecule has 2 N–H and O–H groups in total. The first-order valence-electron chi connectivity index (χ1n) is 7.25. The minimum absolute atomic E-state index is 0.0666. The van der Waals surface area contributed by atoms with Gasteiger partial charge in [-0.15, -0.1) is 0 Å². The second-order valence-electron chi connectivity index (χ2n) is 5.21. The van der Waals surface area contributed by atoms with Gasteiger partial charge in [-0.3, -0.25) is 0 Å². The maximum atomic E-state index is 13.6. The number of thiophene rings is 1. The van der Waals surface area contributed by atoms with Crippen molar-refractivity contribution in [1.82, 2.24) is 15.0 Å². The molecule has 11 heteroatoms. The molecule has 3 heterocycles. The summed E-state index contributed by atoms with van der Waals surface area (Å²) in [5, 5.41) is -0.233. The number of halogens is 3. The van der Waals surface area contributed by atoms with Crippen LogP contribution in [0.15, 0.2) is 29.0 Å². The Hall–Kier alpha value is -1.95. The number of anilines is 1. The maximum absolute atomic E-state index is 13.6. The predicted molar refractivity (Wildman–Crippen MR) is 93.2 cm³/mol. The first-order chi connectivity index (χ1) is 12.3. The van der Waals surface area contributed by atoms with Crippen molar-refractivity contribution >= 4 is 38.4 Å². The van der Waals surface area contributed by atoms with E-state index in [1.807, 2.05) is 0 Å². The number of pyridine rings is 1. The van der Waals surface area contributed by atoms with Crippen molar-refractivity contribution in [1.29, 1.82) is 0 Å². The van der Waals surface area contributed by atoms with E-state index in [1.165, 1.54) is 25.8 Å². The van der Waals surface area contributed by atoms with Crippen LogP contribution in [-0.4, -0.2) is 39.0 Å². The highest BCUT2D eigenvalue weighted by atomic mass is 32.2. The lowest BCUT2D eigenvalue weighted by atomic mass is 10.1. The summed E-state index contributed by atoms with van der Waals surface area (Å²) in [5.41, 5.74) is 5.24. The van der Waals surface area contributed by atoms with Crippen LogP contribution in [0.25, 0.3) is 21.5 Å². The molecular weight excluding hydrogens is 389 g/mol. The van der Waals surface area contributed by atoms with Crippen LogP contribution >= 0.6 is 11.3 Å². The molecule has 0 saturated heterocycles. The van der Waals surface area contributed by atoms with Gasteiger partial charge in [0, 0.05) is 36.2 Å². The van der Waals surface area contributed by atoms with Gasteiger partial charge in [0.05, 0.1) is 23.3 Å². The fourth-order valence-corrected chi connectivity index (χ4v) is 4.89. The SMILES string of the molecule is COCC[S+]([O-])c1sc2nc(-c3cncnc3)cc(C(F)(F)F)c2c1N. The standard InChI is InChI=1S/C15H13F3N4O2S2/c1-24-2-3-26(23)14-12(19)11-9(15(16,17)18)4-10(22-13(11)25-14)8-5-20-7-21-6-8/h4-7H,2-3,19H2,1H3. The Morgan fingerprint density at radius 3 is 2.62 bits per heavy atom. The number of hydrogen-bond donors (Lipinski definition) is 1. The lowest BCUT2D eigenvalue weighted by Crippen LogP contribution is -2.12. The summed E-state index contributed by atoms with van der Waals surface area (Å²) in [4.78, 5) is 11.9. The van der Waals surface area contributed by atoms with Crippen LogP contribution in [0.3, 0.4) is 0 Å². The highest BCUT2D eigenvalue weighted by Crippen LogP contribution is 2.44. The summed E-state index contributed by atoms with van der Waals surface area (Å²) in [6.07, 6.45) is -0.634. The Balaban J connectivity index is 2.21. The highest BCUT2D eigenvalue weighted by Gasteiger charge is 2.37. The van der Waals surface area contributed by atoms with E-state index in [1.54, 1.807) is 0 Å². The van der Waals surface area contributed by atoms with Crippen molar-refractivity contribution in [3.8, 4) is 11.3 Å². The highest BCUT2D eigenvalue weighted by molar-refractivity contribution is 7.93. The van der Waals surface area contributed by atoms with Gasteiger partial charge in [0.2, 0.25) is 4.21 Å². The number of hydrogen-bond acceptors (Lipinski definition) is 7. The van der Waals surface area contributed by atoms with Crippen molar-refractivity contribution in [3.63, 3.8) is 0 Å². The Morgan fingerprint density at radius 1 is 1.31 bits per heavy atom. The zero-order valence-corrected chi connectivity index (χ0v) is 15.0. The third-order valence-corrected chi connectivity index (χ3v) is 6.38. The Morgan fingerprint density at radius 2 is 2.00 bits per heavy atom. The lowest BCUT2D eigenvalue weighted by molar-refractivity contribution is -0.136. The third kappa shape index (κ3) is 3.61. The molecule has 0 saturated carbocycles. The third-order valence-electron chi connectivity index (χ3n) is 3.51. The van der Waals surface area contributed by atoms with Crippen LogP contribution in [0.2, 0.25) is 0 Å². The van der Waals surface area contributed by atoms with Crippen LogP contribution in [0.1, 0.15) is 5.56 Å². The first-order valence-corrected chi connectivity index (χ1v) is 9.39. The Bertz CT molecular complexity index is 919. The van der Waals surface area contributed by atoms with Gasteiger partial charge >= 0.3 is 6.18 Å². The summed E-state index contributed by atoms with van der Waals surface area (Å²) in [6.45, 7) is 0.201. The van der Waals surface area contributed by atoms with Gasteiger partial charge in [-0.05, 0) is 6.07 Å². The van der Waals surface area contributed by atoms with Crippen molar-refractivity contribution in [2.75, 3.05) is 25.2 Å². The molecule has 0 aliphatic heterocycles. The second-order valence-corrected chi connectivity index (χ2v) is 7.97. The average molecular weight is 402 g/mol. The van der Waals surface area contributed by atoms with E-state index in [2.05, 4.69) is 15.0 Å². The minimum atomic E-state index is -4.65. The number of nitrogens with two attached hydrogens (primary N) is 1. The van der Waals surface area contributed by atoms with Gasteiger partial charge in [-0.1, -0.05) is 11.3 Å². The van der Waals surface area contributed by atoms with Crippen molar-refractivity contribution < 1.29 is 22.5 Å². The summed E-state index contributed by atoms with van der Waals surface area (Å²) in [5.74, 6) is 0.133. The van der Waals surface area contributed by atoms with E-state index in [0.717, 1.165) is 17.4 Å². The van der Waals surface area contributed by atoms with Crippen LogP contribution in [0, 0.1) is 0 Å². The Kier molecular flexibility index (Phi) is 5.32. The molecule has 0 aliphatic carbocycles. The van der Waals surface area contributed by atoms with Gasteiger partial charge in [0.15, 0.2) is 0 Å². The molecule has 1 unspecified atom stereocenters. The maximum Gasteiger partial charge on any atom is 0.417 e.